The molecule has 0 aromatic heterocycles. The lowest BCUT2D eigenvalue weighted by molar-refractivity contribution is -0.156. The lowest BCUT2D eigenvalue weighted by Crippen LogP contribution is -2.60. The maximum absolute atomic E-state index is 10.9. The zero-order chi connectivity index (χ0) is 21.6. The number of aliphatic hydroxyl groups excluding tert-OH is 2. The minimum absolute atomic E-state index is 0.111. The number of hydrogen-bond donors (Lipinski definition) is 3. The molecule has 3 aliphatic rings. The molecule has 5 heteroatoms. The third-order valence-corrected chi connectivity index (χ3v) is 7.34. The van der Waals surface area contributed by atoms with Gasteiger partial charge >= 0.3 is 5.97 Å². The number of allylic oxidation sites excluding steroid dienone is 1. The van der Waals surface area contributed by atoms with E-state index in [1.165, 1.54) is 12.0 Å². The first-order valence-corrected chi connectivity index (χ1v) is 11.9. The van der Waals surface area contributed by atoms with Crippen molar-refractivity contribution in [2.24, 2.45) is 17.8 Å². The molecule has 0 spiro atoms. The van der Waals surface area contributed by atoms with Crippen molar-refractivity contribution in [2.75, 3.05) is 6.61 Å². The van der Waals surface area contributed by atoms with E-state index in [1.807, 2.05) is 6.08 Å². The lowest BCUT2D eigenvalue weighted by Gasteiger charge is -2.57. The van der Waals surface area contributed by atoms with Gasteiger partial charge in [-0.05, 0) is 56.4 Å². The van der Waals surface area contributed by atoms with Crippen molar-refractivity contribution in [1.82, 2.24) is 0 Å². The highest BCUT2D eigenvalue weighted by molar-refractivity contribution is 5.66. The first-order chi connectivity index (χ1) is 14.5. The molecular weight excluding hydrogens is 380 g/mol. The maximum Gasteiger partial charge on any atom is 0.303 e. The summed E-state index contributed by atoms with van der Waals surface area (Å²) < 4.78 is 6.42. The molecule has 0 aliphatic heterocycles. The van der Waals surface area contributed by atoms with Gasteiger partial charge in [0.25, 0.3) is 0 Å². The molecule has 0 amide bonds. The largest absolute Gasteiger partial charge is 0.481 e. The van der Waals surface area contributed by atoms with Crippen molar-refractivity contribution in [3.63, 3.8) is 0 Å². The zero-order valence-corrected chi connectivity index (χ0v) is 18.3. The van der Waals surface area contributed by atoms with Crippen LogP contribution in [0, 0.1) is 29.6 Å². The van der Waals surface area contributed by atoms with E-state index in [1.54, 1.807) is 0 Å². The highest BCUT2D eigenvalue weighted by Crippen LogP contribution is 2.57. The highest BCUT2D eigenvalue weighted by Gasteiger charge is 2.58. The molecule has 0 bridgehead atoms. The van der Waals surface area contributed by atoms with Crippen LogP contribution >= 0.6 is 0 Å². The number of aliphatic carboxylic acids is 1. The van der Waals surface area contributed by atoms with Gasteiger partial charge in [0, 0.05) is 18.9 Å². The van der Waals surface area contributed by atoms with Crippen LogP contribution in [0.1, 0.15) is 84.0 Å². The van der Waals surface area contributed by atoms with Crippen LogP contribution in [0.4, 0.5) is 0 Å². The van der Waals surface area contributed by atoms with E-state index < -0.39 is 23.8 Å². The summed E-state index contributed by atoms with van der Waals surface area (Å²) in [6, 6.07) is 0. The Morgan fingerprint density at radius 1 is 1.30 bits per heavy atom. The fourth-order valence-corrected chi connectivity index (χ4v) is 5.50. The van der Waals surface area contributed by atoms with Crippen molar-refractivity contribution in [2.45, 2.75) is 102 Å². The fourth-order valence-electron chi connectivity index (χ4n) is 5.50. The molecule has 3 rings (SSSR count). The van der Waals surface area contributed by atoms with E-state index in [4.69, 9.17) is 9.84 Å². The summed E-state index contributed by atoms with van der Waals surface area (Å²) in [6.45, 7) is 2.80. The Bertz CT molecular complexity index is 669. The molecular formula is C25H38O5. The van der Waals surface area contributed by atoms with E-state index in [2.05, 4.69) is 18.8 Å². The molecule has 3 saturated carbocycles. The van der Waals surface area contributed by atoms with Crippen LogP contribution in [0.3, 0.4) is 0 Å². The Hall–Kier alpha value is -1.35. The van der Waals surface area contributed by atoms with Crippen molar-refractivity contribution in [1.29, 1.82) is 0 Å². The van der Waals surface area contributed by atoms with Gasteiger partial charge in [-0.1, -0.05) is 50.5 Å². The van der Waals surface area contributed by atoms with Gasteiger partial charge in [-0.15, -0.1) is 0 Å². The van der Waals surface area contributed by atoms with Gasteiger partial charge in [0.1, 0.15) is 6.10 Å². The zero-order valence-electron chi connectivity index (χ0n) is 18.3. The van der Waals surface area contributed by atoms with Crippen LogP contribution in [-0.4, -0.2) is 45.7 Å². The van der Waals surface area contributed by atoms with Crippen LogP contribution in [0.5, 0.6) is 0 Å². The molecule has 5 nitrogen and oxygen atoms in total. The second kappa shape index (κ2) is 10.8. The summed E-state index contributed by atoms with van der Waals surface area (Å²) in [5.41, 5.74) is 0.763. The van der Waals surface area contributed by atoms with Crippen LogP contribution in [-0.2, 0) is 9.53 Å². The minimum Gasteiger partial charge on any atom is -0.481 e. The number of fused-ring (bicyclic) bond motifs is 1. The molecule has 0 unspecified atom stereocenters. The minimum atomic E-state index is -0.789. The number of unbranched alkanes of at least 4 members (excludes halogenated alkanes) is 1. The Labute approximate surface area is 180 Å². The monoisotopic (exact) mass is 418 g/mol. The predicted octanol–water partition coefficient (Wildman–Crippen LogP) is 4.07. The number of aliphatic hydroxyl groups is 2. The SMILES string of the molecule is CCCCO[C@@]12CC[C@H](O)[C@@H](C#C[C@@H](O)C3CCCCC3)[C@@H]1CC2=CCCC(=O)O. The van der Waals surface area contributed by atoms with E-state index in [9.17, 15) is 15.0 Å². The van der Waals surface area contributed by atoms with Crippen LogP contribution < -0.4 is 0 Å². The summed E-state index contributed by atoms with van der Waals surface area (Å²) in [6.07, 6.45) is 11.4. The van der Waals surface area contributed by atoms with Crippen molar-refractivity contribution in [3.8, 4) is 11.8 Å². The molecule has 3 N–H and O–H groups in total. The average molecular weight is 419 g/mol. The van der Waals surface area contributed by atoms with Gasteiger partial charge in [-0.25, -0.2) is 0 Å². The Kier molecular flexibility index (Phi) is 8.39. The number of carboxylic acids is 1. The maximum atomic E-state index is 10.9. The predicted molar refractivity (Wildman–Crippen MR) is 116 cm³/mol. The number of hydrogen-bond acceptors (Lipinski definition) is 4. The molecule has 0 aromatic carbocycles. The van der Waals surface area contributed by atoms with Gasteiger partial charge in [-0.3, -0.25) is 4.79 Å². The molecule has 3 aliphatic carbocycles. The summed E-state index contributed by atoms with van der Waals surface area (Å²) >= 11 is 0. The van der Waals surface area contributed by atoms with Crippen molar-refractivity contribution < 1.29 is 24.9 Å². The smallest absolute Gasteiger partial charge is 0.303 e. The molecule has 168 valence electrons. The molecule has 0 saturated heterocycles. The molecule has 3 fully saturated rings. The van der Waals surface area contributed by atoms with E-state index >= 15 is 0 Å². The van der Waals surface area contributed by atoms with Gasteiger partial charge in [0.05, 0.1) is 17.6 Å². The molecule has 0 heterocycles. The first kappa shape index (κ1) is 23.3. The average Bonchev–Trinajstić information content (AvgIpc) is 2.73. The number of carbonyl (C=O) groups is 1. The highest BCUT2D eigenvalue weighted by atomic mass is 16.5. The third kappa shape index (κ3) is 5.28. The number of ether oxygens (including phenoxy) is 1. The molecule has 0 radical (unpaired) electrons. The normalized spacial score (nSPS) is 33.8. The Morgan fingerprint density at radius 3 is 2.77 bits per heavy atom. The van der Waals surface area contributed by atoms with Crippen LogP contribution in [0.25, 0.3) is 0 Å². The molecule has 30 heavy (non-hydrogen) atoms. The number of carboxylic acid groups (broad SMARTS) is 1. The van der Waals surface area contributed by atoms with E-state index in [0.29, 0.717) is 19.4 Å². The van der Waals surface area contributed by atoms with Crippen LogP contribution in [0.15, 0.2) is 11.6 Å². The van der Waals surface area contributed by atoms with Crippen molar-refractivity contribution >= 4 is 5.97 Å². The third-order valence-electron chi connectivity index (χ3n) is 7.34. The quantitative estimate of drug-likeness (QED) is 0.314. The molecule has 5 atom stereocenters. The fraction of sp³-hybridized carbons (Fsp3) is 0.800. The summed E-state index contributed by atoms with van der Waals surface area (Å²) in [5.74, 6) is 5.72. The summed E-state index contributed by atoms with van der Waals surface area (Å²) in [5, 5.41) is 30.2. The summed E-state index contributed by atoms with van der Waals surface area (Å²) in [4.78, 5) is 10.9. The topological polar surface area (TPSA) is 87.0 Å². The standard InChI is InChI=1S/C25H38O5/c1-2-3-16-30-25-15-14-23(27)20(12-13-22(26)18-8-5-4-6-9-18)21(25)17-19(25)10-7-11-24(28)29/h10,18,20-23,26-27H,2-9,11,14-17H2,1H3,(H,28,29)/t20-,21-,22+,23-,25+/m0/s1. The Morgan fingerprint density at radius 2 is 2.07 bits per heavy atom. The van der Waals surface area contributed by atoms with E-state index in [0.717, 1.165) is 51.4 Å². The van der Waals surface area contributed by atoms with Crippen molar-refractivity contribution in [3.05, 3.63) is 11.6 Å². The summed E-state index contributed by atoms with van der Waals surface area (Å²) in [7, 11) is 0. The number of rotatable bonds is 8. The first-order valence-electron chi connectivity index (χ1n) is 11.9. The van der Waals surface area contributed by atoms with E-state index in [-0.39, 0.29) is 24.2 Å². The second-order valence-electron chi connectivity index (χ2n) is 9.33. The van der Waals surface area contributed by atoms with Gasteiger partial charge in [-0.2, -0.15) is 0 Å². The van der Waals surface area contributed by atoms with Gasteiger partial charge in [0.2, 0.25) is 0 Å². The van der Waals surface area contributed by atoms with Crippen LogP contribution in [0.2, 0.25) is 0 Å². The van der Waals surface area contributed by atoms with Gasteiger partial charge in [0.15, 0.2) is 0 Å². The Balaban J connectivity index is 1.73. The molecule has 0 aromatic rings. The lowest BCUT2D eigenvalue weighted by atomic mass is 9.53. The second-order valence-corrected chi connectivity index (χ2v) is 9.33. The van der Waals surface area contributed by atoms with Gasteiger partial charge < -0.3 is 20.1 Å².